The van der Waals surface area contributed by atoms with Crippen LogP contribution in [0.3, 0.4) is 0 Å². The van der Waals surface area contributed by atoms with Crippen LogP contribution < -0.4 is 31.2 Å². The van der Waals surface area contributed by atoms with Crippen LogP contribution >= 0.6 is 11.3 Å². The van der Waals surface area contributed by atoms with Crippen LogP contribution in [0, 0.1) is 0 Å². The maximum Gasteiger partial charge on any atom is 0.227 e. The highest BCUT2D eigenvalue weighted by Crippen LogP contribution is 2.21. The van der Waals surface area contributed by atoms with Crippen LogP contribution in [0.1, 0.15) is 108 Å². The summed E-state index contributed by atoms with van der Waals surface area (Å²) in [7, 11) is 0. The first-order chi connectivity index (χ1) is 19.2. The van der Waals surface area contributed by atoms with E-state index in [4.69, 9.17) is 4.74 Å². The molecule has 3 aromatic rings. The first kappa shape index (κ1) is 34.0. The summed E-state index contributed by atoms with van der Waals surface area (Å²) in [5.74, 6) is 1.03. The van der Waals surface area contributed by atoms with E-state index < -0.39 is 0 Å². The standard InChI is InChI=1S/C34H49N2O2S.BrH/c1-3-5-6-7-8-9-10-11-12-13-14-15-25-38-33-22-18-31(19-23-33)28-36(34(37)4-2)32-20-16-30(17-21-32)27-35-24-26-39-29-35;/h16-24,26,29H,3-15,25,27-28H2,1-2H3;1H/q+1;/p-1. The lowest BCUT2D eigenvalue weighted by Crippen LogP contribution is -3.00. The minimum absolute atomic E-state index is 0. The number of halogens is 1. The minimum atomic E-state index is 0. The highest BCUT2D eigenvalue weighted by Gasteiger charge is 2.15. The molecule has 0 bridgehead atoms. The molecule has 0 aliphatic heterocycles. The van der Waals surface area contributed by atoms with Gasteiger partial charge in [0.05, 0.1) is 18.5 Å². The highest BCUT2D eigenvalue weighted by atomic mass is 79.9. The summed E-state index contributed by atoms with van der Waals surface area (Å²) in [5, 5.41) is 2.08. The molecule has 1 aromatic heterocycles. The Morgan fingerprint density at radius 2 is 1.35 bits per heavy atom. The molecule has 40 heavy (non-hydrogen) atoms. The third-order valence-electron chi connectivity index (χ3n) is 7.27. The lowest BCUT2D eigenvalue weighted by Gasteiger charge is -2.23. The van der Waals surface area contributed by atoms with Crippen LogP contribution in [0.2, 0.25) is 0 Å². The molecule has 0 aliphatic carbocycles. The van der Waals surface area contributed by atoms with Crippen molar-refractivity contribution in [2.24, 2.45) is 0 Å². The molecule has 0 aliphatic rings. The molecule has 0 N–H and O–H groups in total. The number of rotatable bonds is 20. The summed E-state index contributed by atoms with van der Waals surface area (Å²) in [6, 6.07) is 16.6. The third kappa shape index (κ3) is 13.0. The van der Waals surface area contributed by atoms with Crippen LogP contribution in [-0.4, -0.2) is 12.5 Å². The smallest absolute Gasteiger partial charge is 0.227 e. The number of thiazole rings is 1. The van der Waals surface area contributed by atoms with Gasteiger partial charge in [0, 0.05) is 17.7 Å². The number of amides is 1. The van der Waals surface area contributed by atoms with E-state index in [1.54, 1.807) is 11.3 Å². The van der Waals surface area contributed by atoms with Crippen LogP contribution in [0.4, 0.5) is 5.69 Å². The van der Waals surface area contributed by atoms with Gasteiger partial charge in [-0.1, -0.05) is 120 Å². The van der Waals surface area contributed by atoms with Gasteiger partial charge in [0.1, 0.15) is 5.75 Å². The van der Waals surface area contributed by atoms with E-state index in [2.05, 4.69) is 65.0 Å². The largest absolute Gasteiger partial charge is 1.00 e. The van der Waals surface area contributed by atoms with Crippen molar-refractivity contribution in [2.45, 2.75) is 110 Å². The monoisotopic (exact) mass is 628 g/mol. The van der Waals surface area contributed by atoms with E-state index in [9.17, 15) is 4.79 Å². The second kappa shape index (κ2) is 20.7. The van der Waals surface area contributed by atoms with Crippen molar-refractivity contribution in [2.75, 3.05) is 11.5 Å². The van der Waals surface area contributed by atoms with Gasteiger partial charge in [0.2, 0.25) is 11.4 Å². The Hall–Kier alpha value is -2.18. The van der Waals surface area contributed by atoms with Crippen molar-refractivity contribution in [1.29, 1.82) is 0 Å². The number of unbranched alkanes of at least 4 members (excludes halogenated alkanes) is 11. The maximum atomic E-state index is 12.8. The minimum Gasteiger partial charge on any atom is -1.00 e. The fraction of sp³-hybridized carbons (Fsp3) is 0.529. The van der Waals surface area contributed by atoms with E-state index in [1.165, 1.54) is 76.2 Å². The fourth-order valence-corrected chi connectivity index (χ4v) is 5.46. The summed E-state index contributed by atoms with van der Waals surface area (Å²) in [6.07, 6.45) is 18.8. The van der Waals surface area contributed by atoms with Crippen molar-refractivity contribution in [3.63, 3.8) is 0 Å². The summed E-state index contributed by atoms with van der Waals surface area (Å²) in [4.78, 5) is 14.7. The van der Waals surface area contributed by atoms with Crippen molar-refractivity contribution >= 4 is 22.9 Å². The van der Waals surface area contributed by atoms with Crippen LogP contribution in [0.15, 0.2) is 65.6 Å². The molecule has 0 saturated carbocycles. The average Bonchev–Trinajstić information content (AvgIpc) is 3.48. The van der Waals surface area contributed by atoms with E-state index in [-0.39, 0.29) is 22.9 Å². The zero-order chi connectivity index (χ0) is 27.5. The number of hydrogen-bond donors (Lipinski definition) is 0. The topological polar surface area (TPSA) is 33.4 Å². The predicted octanol–water partition coefficient (Wildman–Crippen LogP) is 6.11. The van der Waals surface area contributed by atoms with E-state index in [0.717, 1.165) is 36.6 Å². The van der Waals surface area contributed by atoms with Gasteiger partial charge < -0.3 is 26.6 Å². The number of benzene rings is 2. The molecule has 4 nitrogen and oxygen atoms in total. The van der Waals surface area contributed by atoms with Crippen LogP contribution in [0.25, 0.3) is 0 Å². The lowest BCUT2D eigenvalue weighted by molar-refractivity contribution is -0.683. The first-order valence-corrected chi connectivity index (χ1v) is 16.2. The molecular weight excluding hydrogens is 580 g/mol. The molecule has 0 unspecified atom stereocenters. The molecule has 0 spiro atoms. The number of hydrogen-bond acceptors (Lipinski definition) is 3. The van der Waals surface area contributed by atoms with E-state index in [1.807, 2.05) is 24.0 Å². The number of carbonyl (C=O) groups is 1. The molecule has 2 aromatic carbocycles. The number of anilines is 1. The molecule has 1 heterocycles. The normalized spacial score (nSPS) is 10.8. The summed E-state index contributed by atoms with van der Waals surface area (Å²) >= 11 is 1.69. The zero-order valence-corrected chi connectivity index (χ0v) is 27.1. The molecule has 3 rings (SSSR count). The highest BCUT2D eigenvalue weighted by molar-refractivity contribution is 7.07. The molecule has 1 amide bonds. The van der Waals surface area contributed by atoms with Gasteiger partial charge in [-0.05, 0) is 36.2 Å². The van der Waals surface area contributed by atoms with Crippen LogP contribution in [0.5, 0.6) is 5.75 Å². The number of carbonyl (C=O) groups excluding carboxylic acids is 1. The van der Waals surface area contributed by atoms with Gasteiger partial charge in [-0.15, -0.1) is 0 Å². The Kier molecular flexibility index (Phi) is 17.6. The van der Waals surface area contributed by atoms with Crippen LogP contribution in [-0.2, 0) is 17.9 Å². The van der Waals surface area contributed by atoms with Gasteiger partial charge in [0.15, 0.2) is 12.7 Å². The first-order valence-electron chi connectivity index (χ1n) is 15.2. The molecule has 0 radical (unpaired) electrons. The summed E-state index contributed by atoms with van der Waals surface area (Å²) < 4.78 is 8.15. The van der Waals surface area contributed by atoms with E-state index >= 15 is 0 Å². The maximum absolute atomic E-state index is 12.8. The zero-order valence-electron chi connectivity index (χ0n) is 24.7. The molecule has 6 heteroatoms. The molecule has 0 atom stereocenters. The molecule has 0 saturated heterocycles. The van der Waals surface area contributed by atoms with Crippen molar-refractivity contribution in [1.82, 2.24) is 0 Å². The number of ether oxygens (including phenoxy) is 1. The van der Waals surface area contributed by atoms with Crippen molar-refractivity contribution in [3.05, 3.63) is 76.7 Å². The Balaban J connectivity index is 0.00000560. The third-order valence-corrected chi connectivity index (χ3v) is 7.95. The fourth-order valence-electron chi connectivity index (χ4n) is 4.86. The number of nitrogens with zero attached hydrogens (tertiary/aromatic N) is 2. The van der Waals surface area contributed by atoms with Gasteiger partial charge >= 0.3 is 0 Å². The molecule has 0 fully saturated rings. The Bertz CT molecular complexity index is 1040. The Morgan fingerprint density at radius 3 is 1.90 bits per heavy atom. The Labute approximate surface area is 257 Å². The second-order valence-electron chi connectivity index (χ2n) is 10.6. The predicted molar refractivity (Wildman–Crippen MR) is 165 cm³/mol. The molecule has 220 valence electrons. The quantitative estimate of drug-likeness (QED) is 0.112. The average molecular weight is 630 g/mol. The van der Waals surface area contributed by atoms with Gasteiger partial charge in [-0.2, -0.15) is 4.57 Å². The summed E-state index contributed by atoms with van der Waals surface area (Å²) in [6.45, 7) is 6.37. The van der Waals surface area contributed by atoms with Gasteiger partial charge in [0.25, 0.3) is 0 Å². The van der Waals surface area contributed by atoms with Crippen molar-refractivity contribution < 1.29 is 31.1 Å². The number of aromatic nitrogens is 1. The van der Waals surface area contributed by atoms with Crippen molar-refractivity contribution in [3.8, 4) is 5.75 Å². The second-order valence-corrected chi connectivity index (χ2v) is 11.3. The van der Waals surface area contributed by atoms with E-state index in [0.29, 0.717) is 13.0 Å². The Morgan fingerprint density at radius 1 is 0.775 bits per heavy atom. The van der Waals surface area contributed by atoms with Gasteiger partial charge in [-0.3, -0.25) is 4.79 Å². The summed E-state index contributed by atoms with van der Waals surface area (Å²) in [5.41, 5.74) is 5.37. The lowest BCUT2D eigenvalue weighted by atomic mass is 10.1. The van der Waals surface area contributed by atoms with Gasteiger partial charge in [-0.25, -0.2) is 0 Å². The SMILES string of the molecule is CCCCCCCCCCCCCCOc1ccc(CN(C(=O)CC)c2ccc(C[n+]3ccsc3)cc2)cc1.[Br-]. The molecular formula is C34H49BrN2O2S.